The van der Waals surface area contributed by atoms with E-state index in [9.17, 15) is 33.8 Å². The van der Waals surface area contributed by atoms with E-state index in [0.717, 1.165) is 32.1 Å². The van der Waals surface area contributed by atoms with Gasteiger partial charge < -0.3 is 34.4 Å². The SMILES string of the molecule is CCCCC/C=C\C/C=C\CC(O)/C=C\C=C\CCCC(=O)OC[C@H](COP(=O)(O)OC[C@@H](O)COP(=O)(O)O)OC(=O)CCC/C=C\C/C=C\C/C=C\CCCCCCCC. The maximum atomic E-state index is 12.6. The molecular weight excluding hydrogens is 838 g/mol. The van der Waals surface area contributed by atoms with E-state index < -0.39 is 72.3 Å². The zero-order valence-electron chi connectivity index (χ0n) is 37.3. The fraction of sp³-hybridized carbons (Fsp3) is 0.652. The second-order valence-corrected chi connectivity index (χ2v) is 17.5. The fourth-order valence-electron chi connectivity index (χ4n) is 5.38. The summed E-state index contributed by atoms with van der Waals surface area (Å²) in [5.74, 6) is -1.23. The Bertz CT molecular complexity index is 1430. The molecule has 16 heteroatoms. The van der Waals surface area contributed by atoms with Crippen molar-refractivity contribution in [3.63, 3.8) is 0 Å². The predicted molar refractivity (Wildman–Crippen MR) is 245 cm³/mol. The number of hydrogen-bond donors (Lipinski definition) is 5. The average Bonchev–Trinajstić information content (AvgIpc) is 3.23. The number of phosphoric acid groups is 2. The van der Waals surface area contributed by atoms with Gasteiger partial charge in [0.05, 0.1) is 25.9 Å². The van der Waals surface area contributed by atoms with Gasteiger partial charge in [0.2, 0.25) is 0 Å². The summed E-state index contributed by atoms with van der Waals surface area (Å²) in [6.45, 7) is 1.49. The van der Waals surface area contributed by atoms with Crippen LogP contribution in [0.15, 0.2) is 85.1 Å². The highest BCUT2D eigenvalue weighted by atomic mass is 31.2. The maximum Gasteiger partial charge on any atom is 0.472 e. The molecule has 4 atom stereocenters. The predicted octanol–water partition coefficient (Wildman–Crippen LogP) is 10.5. The van der Waals surface area contributed by atoms with E-state index in [4.69, 9.17) is 23.8 Å². The molecule has 0 aliphatic carbocycles. The molecule has 0 amide bonds. The topological polar surface area (TPSA) is 216 Å². The quantitative estimate of drug-likeness (QED) is 0.0127. The number of phosphoric ester groups is 2. The molecule has 0 aromatic heterocycles. The Morgan fingerprint density at radius 3 is 1.65 bits per heavy atom. The second kappa shape index (κ2) is 41.0. The van der Waals surface area contributed by atoms with Gasteiger partial charge in [-0.05, 0) is 77.0 Å². The number of aliphatic hydroxyl groups is 2. The molecule has 2 unspecified atom stereocenters. The molecule has 5 N–H and O–H groups in total. The van der Waals surface area contributed by atoms with E-state index in [0.29, 0.717) is 32.1 Å². The summed E-state index contributed by atoms with van der Waals surface area (Å²) in [4.78, 5) is 52.7. The van der Waals surface area contributed by atoms with Crippen molar-refractivity contribution in [3.05, 3.63) is 85.1 Å². The first kappa shape index (κ1) is 59.3. The van der Waals surface area contributed by atoms with Gasteiger partial charge in [-0.25, -0.2) is 9.13 Å². The molecule has 14 nitrogen and oxygen atoms in total. The number of aliphatic hydroxyl groups excluding tert-OH is 2. The number of rotatable bonds is 41. The van der Waals surface area contributed by atoms with Crippen LogP contribution in [0.4, 0.5) is 0 Å². The van der Waals surface area contributed by atoms with E-state index >= 15 is 0 Å². The van der Waals surface area contributed by atoms with Crippen molar-refractivity contribution < 1.29 is 66.7 Å². The van der Waals surface area contributed by atoms with Gasteiger partial charge in [-0.3, -0.25) is 23.2 Å². The van der Waals surface area contributed by atoms with E-state index in [-0.39, 0.29) is 12.8 Å². The van der Waals surface area contributed by atoms with Crippen molar-refractivity contribution >= 4 is 27.6 Å². The van der Waals surface area contributed by atoms with Gasteiger partial charge in [0.1, 0.15) is 12.7 Å². The molecule has 0 saturated carbocycles. The molecule has 356 valence electrons. The highest BCUT2D eigenvalue weighted by Crippen LogP contribution is 2.43. The number of carbonyl (C=O) groups is 2. The van der Waals surface area contributed by atoms with Crippen LogP contribution in [0.5, 0.6) is 0 Å². The van der Waals surface area contributed by atoms with E-state index in [1.807, 2.05) is 30.4 Å². The lowest BCUT2D eigenvalue weighted by molar-refractivity contribution is -0.161. The van der Waals surface area contributed by atoms with Crippen molar-refractivity contribution in [1.82, 2.24) is 0 Å². The molecule has 0 fully saturated rings. The lowest BCUT2D eigenvalue weighted by atomic mass is 10.1. The van der Waals surface area contributed by atoms with Gasteiger partial charge in [0, 0.05) is 12.8 Å². The highest BCUT2D eigenvalue weighted by Gasteiger charge is 2.28. The minimum atomic E-state index is -4.89. The normalized spacial score (nSPS) is 15.3. The molecule has 0 aromatic carbocycles. The molecule has 0 saturated heterocycles. The minimum absolute atomic E-state index is 0.0262. The first-order valence-corrected chi connectivity index (χ1v) is 25.4. The summed E-state index contributed by atoms with van der Waals surface area (Å²) >= 11 is 0. The van der Waals surface area contributed by atoms with Crippen LogP contribution in [-0.2, 0) is 41.8 Å². The Hall–Kier alpha value is -2.74. The number of esters is 2. The van der Waals surface area contributed by atoms with Crippen LogP contribution in [0, 0.1) is 0 Å². The summed E-state index contributed by atoms with van der Waals surface area (Å²) in [6, 6.07) is 0. The Labute approximate surface area is 371 Å². The fourth-order valence-corrected chi connectivity index (χ4v) is 6.53. The first-order chi connectivity index (χ1) is 29.8. The highest BCUT2D eigenvalue weighted by molar-refractivity contribution is 7.47. The molecule has 62 heavy (non-hydrogen) atoms. The Kier molecular flexibility index (Phi) is 39.2. The number of hydrogen-bond acceptors (Lipinski definition) is 11. The molecule has 0 rings (SSSR count). The minimum Gasteiger partial charge on any atom is -0.462 e. The van der Waals surface area contributed by atoms with Crippen LogP contribution in [0.2, 0.25) is 0 Å². The van der Waals surface area contributed by atoms with Crippen LogP contribution in [0.3, 0.4) is 0 Å². The second-order valence-electron chi connectivity index (χ2n) is 14.8. The lowest BCUT2D eigenvalue weighted by Crippen LogP contribution is -2.29. The summed E-state index contributed by atoms with van der Waals surface area (Å²) in [7, 11) is -9.74. The van der Waals surface area contributed by atoms with Gasteiger partial charge in [-0.1, -0.05) is 144 Å². The van der Waals surface area contributed by atoms with Gasteiger partial charge >= 0.3 is 27.6 Å². The molecule has 0 bridgehead atoms. The third kappa shape index (κ3) is 43.9. The number of allylic oxidation sites excluding steroid dienone is 12. The largest absolute Gasteiger partial charge is 0.472 e. The standard InChI is InChI=1S/C46H78O14P2/c1-3-5-7-9-11-13-14-15-16-17-18-19-20-22-24-28-33-37-46(50)60-44(41-59-62(54,55)58-39-43(48)38-57-61(51,52)53)40-56-45(49)36-32-29-25-27-31-35-42(47)34-30-26-23-21-12-10-8-6-4-2/h12,15-16,18-19,21-22,24-27,30-31,35,42-44,47-48H,3-11,13-14,17,20,23,28-29,32-34,36-41H2,1-2H3,(H,54,55)(H2,51,52,53)/b16-15-,19-18-,21-12-,24-22-,27-25+,30-26-,35-31-/t42?,43-,44+/m0/s1. The summed E-state index contributed by atoms with van der Waals surface area (Å²) in [6.07, 6.45) is 43.3. The summed E-state index contributed by atoms with van der Waals surface area (Å²) < 4.78 is 47.6. The third-order valence-corrected chi connectivity index (χ3v) is 10.3. The van der Waals surface area contributed by atoms with Crippen molar-refractivity contribution in [2.45, 2.75) is 167 Å². The summed E-state index contributed by atoms with van der Waals surface area (Å²) in [5, 5.41) is 19.9. The average molecular weight is 917 g/mol. The van der Waals surface area contributed by atoms with Gasteiger partial charge in [-0.2, -0.15) is 0 Å². The molecule has 0 spiro atoms. The van der Waals surface area contributed by atoms with E-state index in [1.165, 1.54) is 57.8 Å². The van der Waals surface area contributed by atoms with E-state index in [2.05, 4.69) is 59.4 Å². The van der Waals surface area contributed by atoms with Crippen LogP contribution in [0.1, 0.15) is 149 Å². The lowest BCUT2D eigenvalue weighted by Gasteiger charge is -2.20. The van der Waals surface area contributed by atoms with Crippen LogP contribution in [-0.4, -0.2) is 81.6 Å². The zero-order valence-corrected chi connectivity index (χ0v) is 39.1. The van der Waals surface area contributed by atoms with Crippen LogP contribution in [0.25, 0.3) is 0 Å². The maximum absolute atomic E-state index is 12.6. The molecular formula is C46H78O14P2. The van der Waals surface area contributed by atoms with E-state index in [1.54, 1.807) is 18.2 Å². The number of carbonyl (C=O) groups excluding carboxylic acids is 2. The Morgan fingerprint density at radius 2 is 1.02 bits per heavy atom. The monoisotopic (exact) mass is 916 g/mol. The van der Waals surface area contributed by atoms with Crippen molar-refractivity contribution in [2.24, 2.45) is 0 Å². The molecule has 0 aromatic rings. The van der Waals surface area contributed by atoms with Crippen LogP contribution >= 0.6 is 15.6 Å². The van der Waals surface area contributed by atoms with Gasteiger partial charge in [0.15, 0.2) is 6.10 Å². The number of unbranched alkanes of at least 4 members (excludes halogenated alkanes) is 11. The zero-order chi connectivity index (χ0) is 46.0. The third-order valence-electron chi connectivity index (χ3n) is 8.83. The van der Waals surface area contributed by atoms with Crippen LogP contribution < -0.4 is 0 Å². The Morgan fingerprint density at radius 1 is 0.532 bits per heavy atom. The first-order valence-electron chi connectivity index (χ1n) is 22.4. The van der Waals surface area contributed by atoms with Gasteiger partial charge in [0.25, 0.3) is 0 Å². The van der Waals surface area contributed by atoms with Gasteiger partial charge in [-0.15, -0.1) is 0 Å². The van der Waals surface area contributed by atoms with Crippen molar-refractivity contribution in [3.8, 4) is 0 Å². The van der Waals surface area contributed by atoms with Crippen molar-refractivity contribution in [2.75, 3.05) is 26.4 Å². The molecule has 0 aliphatic rings. The smallest absolute Gasteiger partial charge is 0.462 e. The van der Waals surface area contributed by atoms with Crippen molar-refractivity contribution in [1.29, 1.82) is 0 Å². The summed E-state index contributed by atoms with van der Waals surface area (Å²) in [5.41, 5.74) is 0. The molecule has 0 aliphatic heterocycles. The molecule has 0 radical (unpaired) electrons. The Balaban J connectivity index is 4.77. The molecule has 0 heterocycles. The number of ether oxygens (including phenoxy) is 2.